The first-order valence-electron chi connectivity index (χ1n) is 16.1. The summed E-state index contributed by atoms with van der Waals surface area (Å²) in [4.78, 5) is 55.4. The number of hydrogen-bond donors (Lipinski definition) is 3. The SMILES string of the molecule is CC(C)(C)OC(=O)Nc1ccc(C(=O)N2CCN(CCN3CCC(c4ccc(NC5CCC(=O)NC5=O)cc4)CC3)CC2)cc1. The molecule has 0 saturated carbocycles. The van der Waals surface area contributed by atoms with Gasteiger partial charge in [-0.3, -0.25) is 29.9 Å². The molecule has 242 valence electrons. The molecule has 5 rings (SSSR count). The highest BCUT2D eigenvalue weighted by Gasteiger charge is 2.27. The van der Waals surface area contributed by atoms with Crippen LogP contribution in [0, 0.1) is 0 Å². The zero-order chi connectivity index (χ0) is 32.0. The maximum atomic E-state index is 13.1. The van der Waals surface area contributed by atoms with E-state index in [-0.39, 0.29) is 23.8 Å². The summed E-state index contributed by atoms with van der Waals surface area (Å²) in [5, 5.41) is 8.35. The molecule has 3 aliphatic heterocycles. The Hall–Kier alpha value is -3.96. The van der Waals surface area contributed by atoms with E-state index < -0.39 is 11.7 Å². The van der Waals surface area contributed by atoms with Crippen molar-refractivity contribution in [3.05, 3.63) is 59.7 Å². The smallest absolute Gasteiger partial charge is 0.412 e. The molecular weight excluding hydrogens is 572 g/mol. The number of ether oxygens (including phenoxy) is 1. The highest BCUT2D eigenvalue weighted by molar-refractivity contribution is 6.01. The van der Waals surface area contributed by atoms with Gasteiger partial charge in [0, 0.05) is 62.6 Å². The number of anilines is 2. The molecule has 11 heteroatoms. The van der Waals surface area contributed by atoms with Crippen LogP contribution in [0.2, 0.25) is 0 Å². The number of hydrogen-bond acceptors (Lipinski definition) is 8. The molecule has 3 aliphatic rings. The Balaban J connectivity index is 0.987. The van der Waals surface area contributed by atoms with Crippen molar-refractivity contribution < 1.29 is 23.9 Å². The lowest BCUT2D eigenvalue weighted by Gasteiger charge is -2.37. The molecule has 1 unspecified atom stereocenters. The molecule has 45 heavy (non-hydrogen) atoms. The van der Waals surface area contributed by atoms with Crippen LogP contribution in [0.3, 0.4) is 0 Å². The van der Waals surface area contributed by atoms with Gasteiger partial charge in [-0.15, -0.1) is 0 Å². The second-order valence-electron chi connectivity index (χ2n) is 13.2. The number of nitrogens with one attached hydrogen (secondary N) is 3. The van der Waals surface area contributed by atoms with Crippen molar-refractivity contribution in [2.24, 2.45) is 0 Å². The summed E-state index contributed by atoms with van der Waals surface area (Å²) in [6, 6.07) is 15.0. The quantitative estimate of drug-likeness (QED) is 0.381. The molecule has 4 amide bonds. The average Bonchev–Trinajstić information content (AvgIpc) is 3.01. The lowest BCUT2D eigenvalue weighted by Crippen LogP contribution is -2.50. The number of likely N-dealkylation sites (tertiary alicyclic amines) is 1. The fraction of sp³-hybridized carbons (Fsp3) is 0.529. The second-order valence-corrected chi connectivity index (χ2v) is 13.2. The molecule has 1 atom stereocenters. The number of nitrogens with zero attached hydrogens (tertiary/aromatic N) is 3. The van der Waals surface area contributed by atoms with Gasteiger partial charge in [0.05, 0.1) is 0 Å². The van der Waals surface area contributed by atoms with Crippen LogP contribution in [-0.2, 0) is 14.3 Å². The van der Waals surface area contributed by atoms with Crippen molar-refractivity contribution >= 4 is 35.2 Å². The van der Waals surface area contributed by atoms with Gasteiger partial charge in [0.2, 0.25) is 11.8 Å². The van der Waals surface area contributed by atoms with Crippen molar-refractivity contribution in [3.63, 3.8) is 0 Å². The number of amides is 4. The summed E-state index contributed by atoms with van der Waals surface area (Å²) >= 11 is 0. The van der Waals surface area contributed by atoms with Crippen molar-refractivity contribution in [2.45, 2.75) is 64.0 Å². The Labute approximate surface area is 265 Å². The van der Waals surface area contributed by atoms with E-state index in [1.165, 1.54) is 5.56 Å². The summed E-state index contributed by atoms with van der Waals surface area (Å²) in [5.74, 6) is 0.0875. The molecule has 0 bridgehead atoms. The predicted molar refractivity (Wildman–Crippen MR) is 173 cm³/mol. The zero-order valence-electron chi connectivity index (χ0n) is 26.6. The molecule has 0 spiro atoms. The van der Waals surface area contributed by atoms with Crippen LogP contribution >= 0.6 is 0 Å². The Kier molecular flexibility index (Phi) is 10.4. The second kappa shape index (κ2) is 14.4. The number of carbonyl (C=O) groups excluding carboxylic acids is 4. The van der Waals surface area contributed by atoms with Gasteiger partial charge in [0.25, 0.3) is 5.91 Å². The fourth-order valence-electron chi connectivity index (χ4n) is 6.13. The molecule has 0 aliphatic carbocycles. The van der Waals surface area contributed by atoms with Gasteiger partial charge < -0.3 is 19.9 Å². The monoisotopic (exact) mass is 618 g/mol. The number of imide groups is 1. The summed E-state index contributed by atoms with van der Waals surface area (Å²) < 4.78 is 5.28. The number of rotatable bonds is 8. The molecule has 3 fully saturated rings. The first kappa shape index (κ1) is 32.4. The zero-order valence-corrected chi connectivity index (χ0v) is 26.6. The van der Waals surface area contributed by atoms with Crippen molar-refractivity contribution in [1.29, 1.82) is 0 Å². The average molecular weight is 619 g/mol. The predicted octanol–water partition coefficient (Wildman–Crippen LogP) is 3.89. The van der Waals surface area contributed by atoms with E-state index in [1.54, 1.807) is 24.3 Å². The largest absolute Gasteiger partial charge is 0.444 e. The van der Waals surface area contributed by atoms with Gasteiger partial charge in [0.15, 0.2) is 0 Å². The topological polar surface area (TPSA) is 123 Å². The van der Waals surface area contributed by atoms with Crippen molar-refractivity contribution in [1.82, 2.24) is 20.0 Å². The number of benzene rings is 2. The summed E-state index contributed by atoms with van der Waals surface area (Å²) in [6.45, 7) is 12.7. The normalized spacial score (nSPS) is 20.4. The minimum atomic E-state index is -0.574. The minimum Gasteiger partial charge on any atom is -0.444 e. The van der Waals surface area contributed by atoms with Gasteiger partial charge in [-0.25, -0.2) is 4.79 Å². The van der Waals surface area contributed by atoms with Gasteiger partial charge in [0.1, 0.15) is 11.6 Å². The summed E-state index contributed by atoms with van der Waals surface area (Å²) in [7, 11) is 0. The molecular formula is C34H46N6O5. The van der Waals surface area contributed by atoms with Crippen LogP contribution in [0.4, 0.5) is 16.2 Å². The van der Waals surface area contributed by atoms with Crippen LogP contribution < -0.4 is 16.0 Å². The highest BCUT2D eigenvalue weighted by atomic mass is 16.6. The molecule has 0 radical (unpaired) electrons. The highest BCUT2D eigenvalue weighted by Crippen LogP contribution is 2.29. The van der Waals surface area contributed by atoms with Crippen LogP contribution in [0.15, 0.2) is 48.5 Å². The van der Waals surface area contributed by atoms with Crippen molar-refractivity contribution in [2.75, 3.05) is 63.0 Å². The first-order chi connectivity index (χ1) is 21.5. The standard InChI is InChI=1S/C34H46N6O5/c1-34(2,3)45-33(44)36-28-10-6-26(7-11-28)32(43)40-22-20-39(21-23-40)19-18-38-16-14-25(15-17-38)24-4-8-27(9-5-24)35-29-12-13-30(41)37-31(29)42/h4-11,25,29,35H,12-23H2,1-3H3,(H,36,44)(H,37,41,42). The lowest BCUT2D eigenvalue weighted by molar-refractivity contribution is -0.133. The Morgan fingerprint density at radius 3 is 2.02 bits per heavy atom. The Morgan fingerprint density at radius 2 is 1.42 bits per heavy atom. The molecule has 11 nitrogen and oxygen atoms in total. The van der Waals surface area contributed by atoms with Crippen LogP contribution in [0.1, 0.15) is 68.3 Å². The summed E-state index contributed by atoms with van der Waals surface area (Å²) in [6.07, 6.45) is 2.60. The van der Waals surface area contributed by atoms with Crippen LogP contribution in [0.25, 0.3) is 0 Å². The Bertz CT molecular complexity index is 1340. The van der Waals surface area contributed by atoms with E-state index in [9.17, 15) is 19.2 Å². The van der Waals surface area contributed by atoms with E-state index in [1.807, 2.05) is 37.8 Å². The van der Waals surface area contributed by atoms with E-state index in [4.69, 9.17) is 4.74 Å². The van der Waals surface area contributed by atoms with E-state index in [0.717, 1.165) is 57.8 Å². The Morgan fingerprint density at radius 1 is 0.822 bits per heavy atom. The van der Waals surface area contributed by atoms with Crippen molar-refractivity contribution in [3.8, 4) is 0 Å². The van der Waals surface area contributed by atoms with Crippen LogP contribution in [0.5, 0.6) is 0 Å². The van der Waals surface area contributed by atoms with E-state index >= 15 is 0 Å². The third-order valence-corrected chi connectivity index (χ3v) is 8.72. The van der Waals surface area contributed by atoms with E-state index in [0.29, 0.717) is 43.1 Å². The number of carbonyl (C=O) groups is 4. The minimum absolute atomic E-state index is 0.0142. The maximum absolute atomic E-state index is 13.1. The molecule has 3 N–H and O–H groups in total. The van der Waals surface area contributed by atoms with Gasteiger partial charge in [-0.1, -0.05) is 12.1 Å². The molecule has 2 aromatic rings. The lowest BCUT2D eigenvalue weighted by atomic mass is 9.89. The molecule has 2 aromatic carbocycles. The molecule has 0 aromatic heterocycles. The number of piperidine rings is 2. The third kappa shape index (κ3) is 9.27. The van der Waals surface area contributed by atoms with Crippen LogP contribution in [-0.4, -0.2) is 103 Å². The maximum Gasteiger partial charge on any atom is 0.412 e. The van der Waals surface area contributed by atoms with Gasteiger partial charge in [-0.05, 0) is 101 Å². The number of piperazine rings is 1. The molecule has 3 saturated heterocycles. The first-order valence-corrected chi connectivity index (χ1v) is 16.1. The molecule has 3 heterocycles. The third-order valence-electron chi connectivity index (χ3n) is 8.72. The van der Waals surface area contributed by atoms with Gasteiger partial charge >= 0.3 is 6.09 Å². The van der Waals surface area contributed by atoms with E-state index in [2.05, 4.69) is 37.9 Å². The van der Waals surface area contributed by atoms with Gasteiger partial charge in [-0.2, -0.15) is 0 Å². The fourth-order valence-corrected chi connectivity index (χ4v) is 6.13. The summed E-state index contributed by atoms with van der Waals surface area (Å²) in [5.41, 5.74) is 2.86.